The van der Waals surface area contributed by atoms with Crippen LogP contribution in [0.3, 0.4) is 0 Å². The SMILES string of the molecule is CC(C)(C)c1cc(C#N)cc2c1SCC2(C)C. The lowest BCUT2D eigenvalue weighted by molar-refractivity contribution is 0.562. The Morgan fingerprint density at radius 2 is 1.94 bits per heavy atom. The molecule has 0 saturated carbocycles. The van der Waals surface area contributed by atoms with Gasteiger partial charge < -0.3 is 0 Å². The molecule has 17 heavy (non-hydrogen) atoms. The van der Waals surface area contributed by atoms with Crippen LogP contribution in [0.2, 0.25) is 0 Å². The highest BCUT2D eigenvalue weighted by atomic mass is 32.2. The molecule has 1 nitrogen and oxygen atoms in total. The minimum absolute atomic E-state index is 0.102. The van der Waals surface area contributed by atoms with E-state index in [2.05, 4.69) is 52.8 Å². The van der Waals surface area contributed by atoms with Crippen LogP contribution in [0.5, 0.6) is 0 Å². The first-order chi connectivity index (χ1) is 7.75. The first kappa shape index (κ1) is 12.5. The molecule has 90 valence electrons. The number of benzene rings is 1. The number of hydrogen-bond donors (Lipinski definition) is 0. The van der Waals surface area contributed by atoms with Crippen molar-refractivity contribution in [1.82, 2.24) is 0 Å². The fourth-order valence-corrected chi connectivity index (χ4v) is 3.91. The van der Waals surface area contributed by atoms with Crippen molar-refractivity contribution < 1.29 is 0 Å². The van der Waals surface area contributed by atoms with Crippen molar-refractivity contribution in [3.63, 3.8) is 0 Å². The average Bonchev–Trinajstić information content (AvgIpc) is 2.52. The smallest absolute Gasteiger partial charge is 0.0991 e. The summed E-state index contributed by atoms with van der Waals surface area (Å²) in [5, 5.41) is 9.17. The molecular weight excluding hydrogens is 226 g/mol. The number of nitriles is 1. The van der Waals surface area contributed by atoms with Gasteiger partial charge in [-0.2, -0.15) is 5.26 Å². The fraction of sp³-hybridized carbons (Fsp3) is 0.533. The summed E-state index contributed by atoms with van der Waals surface area (Å²) in [7, 11) is 0. The quantitative estimate of drug-likeness (QED) is 0.682. The highest BCUT2D eigenvalue weighted by molar-refractivity contribution is 7.99. The van der Waals surface area contributed by atoms with Gasteiger partial charge in [0.05, 0.1) is 11.6 Å². The summed E-state index contributed by atoms with van der Waals surface area (Å²) in [6, 6.07) is 6.43. The monoisotopic (exact) mass is 245 g/mol. The van der Waals surface area contributed by atoms with E-state index in [-0.39, 0.29) is 10.8 Å². The summed E-state index contributed by atoms with van der Waals surface area (Å²) in [5.41, 5.74) is 3.76. The van der Waals surface area contributed by atoms with Crippen molar-refractivity contribution in [1.29, 1.82) is 5.26 Å². The van der Waals surface area contributed by atoms with Gasteiger partial charge in [-0.05, 0) is 28.7 Å². The molecule has 0 spiro atoms. The average molecular weight is 245 g/mol. The Hall–Kier alpha value is -0.940. The molecule has 0 fully saturated rings. The van der Waals surface area contributed by atoms with Crippen molar-refractivity contribution in [3.05, 3.63) is 28.8 Å². The number of rotatable bonds is 0. The van der Waals surface area contributed by atoms with E-state index in [1.807, 2.05) is 11.8 Å². The second-order valence-electron chi connectivity index (χ2n) is 6.43. The van der Waals surface area contributed by atoms with Gasteiger partial charge in [-0.25, -0.2) is 0 Å². The lowest BCUT2D eigenvalue weighted by Gasteiger charge is -2.24. The summed E-state index contributed by atoms with van der Waals surface area (Å²) in [5.74, 6) is 1.11. The molecule has 1 aromatic rings. The van der Waals surface area contributed by atoms with Gasteiger partial charge in [-0.3, -0.25) is 0 Å². The second kappa shape index (κ2) is 3.78. The first-order valence-electron chi connectivity index (χ1n) is 5.97. The summed E-state index contributed by atoms with van der Waals surface area (Å²) in [6.07, 6.45) is 0. The lowest BCUT2D eigenvalue weighted by atomic mass is 9.80. The van der Waals surface area contributed by atoms with Gasteiger partial charge in [0.2, 0.25) is 0 Å². The van der Waals surface area contributed by atoms with Crippen LogP contribution in [0, 0.1) is 11.3 Å². The molecule has 0 aromatic heterocycles. The molecule has 0 radical (unpaired) electrons. The van der Waals surface area contributed by atoms with E-state index in [0.717, 1.165) is 11.3 Å². The van der Waals surface area contributed by atoms with E-state index < -0.39 is 0 Å². The van der Waals surface area contributed by atoms with Crippen LogP contribution in [0.25, 0.3) is 0 Å². The maximum atomic E-state index is 9.17. The van der Waals surface area contributed by atoms with Crippen LogP contribution >= 0.6 is 11.8 Å². The molecule has 1 heterocycles. The molecule has 0 bridgehead atoms. The molecule has 0 atom stereocenters. The first-order valence-corrected chi connectivity index (χ1v) is 6.96. The van der Waals surface area contributed by atoms with Crippen LogP contribution in [0.15, 0.2) is 17.0 Å². The Morgan fingerprint density at radius 1 is 1.29 bits per heavy atom. The summed E-state index contributed by atoms with van der Waals surface area (Å²) < 4.78 is 0. The van der Waals surface area contributed by atoms with Crippen LogP contribution in [0.1, 0.15) is 51.3 Å². The van der Waals surface area contributed by atoms with Gasteiger partial charge in [-0.15, -0.1) is 11.8 Å². The molecule has 2 rings (SSSR count). The Balaban J connectivity index is 2.72. The van der Waals surface area contributed by atoms with Crippen molar-refractivity contribution >= 4 is 11.8 Å². The van der Waals surface area contributed by atoms with Gasteiger partial charge >= 0.3 is 0 Å². The highest BCUT2D eigenvalue weighted by Gasteiger charge is 2.34. The normalized spacial score (nSPS) is 17.6. The largest absolute Gasteiger partial charge is 0.192 e. The zero-order chi connectivity index (χ0) is 12.8. The van der Waals surface area contributed by atoms with E-state index in [1.54, 1.807) is 0 Å². The van der Waals surface area contributed by atoms with Crippen LogP contribution in [-0.2, 0) is 10.8 Å². The summed E-state index contributed by atoms with van der Waals surface area (Å²) in [4.78, 5) is 1.40. The van der Waals surface area contributed by atoms with Gasteiger partial charge in [0.1, 0.15) is 0 Å². The topological polar surface area (TPSA) is 23.8 Å². The minimum atomic E-state index is 0.102. The highest BCUT2D eigenvalue weighted by Crippen LogP contribution is 2.48. The standard InChI is InChI=1S/C15H19NS/c1-14(2,3)11-6-10(8-16)7-12-13(11)17-9-15(12,4)5/h6-7H,9H2,1-5H3. The summed E-state index contributed by atoms with van der Waals surface area (Å²) >= 11 is 1.94. The maximum Gasteiger partial charge on any atom is 0.0991 e. The van der Waals surface area contributed by atoms with E-state index in [1.165, 1.54) is 16.0 Å². The van der Waals surface area contributed by atoms with E-state index in [0.29, 0.717) is 0 Å². The Bertz CT molecular complexity index is 501. The van der Waals surface area contributed by atoms with E-state index in [9.17, 15) is 5.26 Å². The number of thioether (sulfide) groups is 1. The predicted octanol–water partition coefficient (Wildman–Crippen LogP) is 4.24. The van der Waals surface area contributed by atoms with Gasteiger partial charge in [-0.1, -0.05) is 34.6 Å². The Kier molecular flexibility index (Phi) is 2.78. The van der Waals surface area contributed by atoms with Crippen LogP contribution in [-0.4, -0.2) is 5.75 Å². The number of hydrogen-bond acceptors (Lipinski definition) is 2. The molecule has 0 N–H and O–H groups in total. The molecule has 0 unspecified atom stereocenters. The van der Waals surface area contributed by atoms with E-state index >= 15 is 0 Å². The zero-order valence-corrected chi connectivity index (χ0v) is 12.0. The fourth-order valence-electron chi connectivity index (χ4n) is 2.24. The molecule has 1 aromatic carbocycles. The van der Waals surface area contributed by atoms with Crippen molar-refractivity contribution in [2.75, 3.05) is 5.75 Å². The van der Waals surface area contributed by atoms with E-state index in [4.69, 9.17) is 0 Å². The third-order valence-corrected chi connectivity index (χ3v) is 4.93. The van der Waals surface area contributed by atoms with Gasteiger partial charge in [0.15, 0.2) is 0 Å². The molecule has 0 amide bonds. The second-order valence-corrected chi connectivity index (χ2v) is 7.42. The Labute approximate surface area is 108 Å². The molecular formula is C15H19NS. The third kappa shape index (κ3) is 2.09. The van der Waals surface area contributed by atoms with Gasteiger partial charge in [0, 0.05) is 16.1 Å². The molecule has 2 heteroatoms. The van der Waals surface area contributed by atoms with Crippen molar-refractivity contribution in [3.8, 4) is 6.07 Å². The molecule has 1 aliphatic heterocycles. The maximum absolute atomic E-state index is 9.17. The van der Waals surface area contributed by atoms with Crippen LogP contribution in [0.4, 0.5) is 0 Å². The summed E-state index contributed by atoms with van der Waals surface area (Å²) in [6.45, 7) is 11.2. The molecule has 0 saturated heterocycles. The molecule has 0 aliphatic carbocycles. The number of fused-ring (bicyclic) bond motifs is 1. The Morgan fingerprint density at radius 3 is 2.47 bits per heavy atom. The third-order valence-electron chi connectivity index (χ3n) is 3.33. The zero-order valence-electron chi connectivity index (χ0n) is 11.2. The predicted molar refractivity (Wildman–Crippen MR) is 73.6 cm³/mol. The van der Waals surface area contributed by atoms with Crippen molar-refractivity contribution in [2.45, 2.75) is 50.3 Å². The van der Waals surface area contributed by atoms with Crippen LogP contribution < -0.4 is 0 Å². The van der Waals surface area contributed by atoms with Crippen molar-refractivity contribution in [2.24, 2.45) is 0 Å². The molecule has 1 aliphatic rings. The minimum Gasteiger partial charge on any atom is -0.192 e. The van der Waals surface area contributed by atoms with Gasteiger partial charge in [0.25, 0.3) is 0 Å². The lowest BCUT2D eigenvalue weighted by Crippen LogP contribution is -2.18. The number of nitrogens with zero attached hydrogens (tertiary/aromatic N) is 1.